The van der Waals surface area contributed by atoms with E-state index in [1.54, 1.807) is 0 Å². The van der Waals surface area contributed by atoms with Gasteiger partial charge in [-0.3, -0.25) is 4.79 Å². The van der Waals surface area contributed by atoms with Gasteiger partial charge in [0.2, 0.25) is 12.7 Å². The van der Waals surface area contributed by atoms with Crippen molar-refractivity contribution in [3.05, 3.63) is 95.6 Å². The summed E-state index contributed by atoms with van der Waals surface area (Å²) in [7, 11) is 2.14. The van der Waals surface area contributed by atoms with Crippen molar-refractivity contribution in [3.8, 4) is 11.5 Å². The molecule has 1 aliphatic heterocycles. The quantitative estimate of drug-likeness (QED) is 0.468. The Hall–Kier alpha value is -3.31. The lowest BCUT2D eigenvalue weighted by molar-refractivity contribution is -0.122. The number of fused-ring (bicyclic) bond motifs is 1. The first kappa shape index (κ1) is 23.8. The average Bonchev–Trinajstić information content (AvgIpc) is 3.32. The largest absolute Gasteiger partial charge is 0.454 e. The number of amides is 1. The number of likely N-dealkylation sites (N-methyl/N-ethyl adjacent to an activating group) is 1. The van der Waals surface area contributed by atoms with Crippen molar-refractivity contribution in [2.45, 2.75) is 44.1 Å². The summed E-state index contributed by atoms with van der Waals surface area (Å²) in [6.07, 6.45) is 2.32. The van der Waals surface area contributed by atoms with Gasteiger partial charge in [0, 0.05) is 12.1 Å². The van der Waals surface area contributed by atoms with Crippen LogP contribution in [0.3, 0.4) is 0 Å². The fourth-order valence-corrected chi connectivity index (χ4v) is 4.69. The van der Waals surface area contributed by atoms with Crippen LogP contribution in [0, 0.1) is 0 Å². The molecule has 0 fully saturated rings. The van der Waals surface area contributed by atoms with E-state index in [0.717, 1.165) is 42.0 Å². The molecule has 1 heterocycles. The van der Waals surface area contributed by atoms with Gasteiger partial charge < -0.3 is 20.1 Å². The lowest BCUT2D eigenvalue weighted by Crippen LogP contribution is -2.47. The highest BCUT2D eigenvalue weighted by Crippen LogP contribution is 2.39. The third-order valence-corrected chi connectivity index (χ3v) is 7.27. The zero-order valence-corrected chi connectivity index (χ0v) is 20.3. The Bertz CT molecular complexity index is 1070. The zero-order chi connectivity index (χ0) is 24.2. The van der Waals surface area contributed by atoms with Gasteiger partial charge in [-0.1, -0.05) is 66.7 Å². The van der Waals surface area contributed by atoms with Crippen LogP contribution in [-0.4, -0.2) is 36.7 Å². The van der Waals surface area contributed by atoms with Crippen molar-refractivity contribution in [3.63, 3.8) is 0 Å². The minimum atomic E-state index is -0.877. The zero-order valence-electron chi connectivity index (χ0n) is 20.3. The van der Waals surface area contributed by atoms with Crippen LogP contribution in [0.15, 0.2) is 78.9 Å². The van der Waals surface area contributed by atoms with E-state index in [9.17, 15) is 4.79 Å². The molecule has 4 rings (SSSR count). The van der Waals surface area contributed by atoms with Gasteiger partial charge in [0.15, 0.2) is 11.5 Å². The van der Waals surface area contributed by atoms with Crippen LogP contribution in [0.25, 0.3) is 0 Å². The van der Waals surface area contributed by atoms with E-state index in [-0.39, 0.29) is 18.2 Å². The first-order valence-electron chi connectivity index (χ1n) is 11.8. The van der Waals surface area contributed by atoms with E-state index in [0.29, 0.717) is 6.42 Å². The number of benzene rings is 3. The Kier molecular flexibility index (Phi) is 6.94. The highest BCUT2D eigenvalue weighted by molar-refractivity contribution is 5.90. The third kappa shape index (κ3) is 4.80. The molecule has 0 radical (unpaired) electrons. The molecule has 5 heteroatoms. The molecule has 0 bridgehead atoms. The fraction of sp³-hybridized carbons (Fsp3) is 0.345. The summed E-state index contributed by atoms with van der Waals surface area (Å²) in [5.41, 5.74) is 8.22. The van der Waals surface area contributed by atoms with Crippen LogP contribution in [0.5, 0.6) is 11.5 Å². The molecule has 0 spiro atoms. The van der Waals surface area contributed by atoms with Gasteiger partial charge in [-0.15, -0.1) is 0 Å². The van der Waals surface area contributed by atoms with Crippen LogP contribution in [0.2, 0.25) is 0 Å². The van der Waals surface area contributed by atoms with Crippen LogP contribution >= 0.6 is 0 Å². The number of primary amides is 1. The molecule has 0 aromatic heterocycles. The average molecular weight is 459 g/mol. The predicted octanol–water partition coefficient (Wildman–Crippen LogP) is 4.92. The fourth-order valence-electron chi connectivity index (χ4n) is 4.69. The van der Waals surface area contributed by atoms with Crippen molar-refractivity contribution in [2.24, 2.45) is 5.73 Å². The first-order valence-corrected chi connectivity index (χ1v) is 11.8. The first-order chi connectivity index (χ1) is 16.3. The molecule has 1 aliphatic rings. The number of carbonyl (C=O) groups is 1. The maximum Gasteiger partial charge on any atom is 0.232 e. The molecule has 3 aromatic carbocycles. The number of carbonyl (C=O) groups excluding carboxylic acids is 1. The molecular formula is C29H34N2O3. The van der Waals surface area contributed by atoms with Crippen molar-refractivity contribution in [1.29, 1.82) is 0 Å². The number of hydrogen-bond donors (Lipinski definition) is 1. The van der Waals surface area contributed by atoms with Crippen LogP contribution in [-0.2, 0) is 16.6 Å². The molecule has 0 unspecified atom stereocenters. The van der Waals surface area contributed by atoms with Gasteiger partial charge in [0.1, 0.15) is 0 Å². The van der Waals surface area contributed by atoms with Gasteiger partial charge in [-0.05, 0) is 69.0 Å². The smallest absolute Gasteiger partial charge is 0.232 e. The molecule has 34 heavy (non-hydrogen) atoms. The summed E-state index contributed by atoms with van der Waals surface area (Å²) in [6, 6.07) is 26.0. The number of rotatable bonds is 10. The second-order valence-corrected chi connectivity index (χ2v) is 9.67. The highest BCUT2D eigenvalue weighted by atomic mass is 16.7. The molecule has 2 N–H and O–H groups in total. The molecular weight excluding hydrogens is 424 g/mol. The predicted molar refractivity (Wildman–Crippen MR) is 135 cm³/mol. The van der Waals surface area contributed by atoms with E-state index in [4.69, 9.17) is 15.2 Å². The summed E-state index contributed by atoms with van der Waals surface area (Å²) >= 11 is 0. The van der Waals surface area contributed by atoms with E-state index in [1.165, 1.54) is 5.56 Å². The number of nitrogens with two attached hydrogens (primary N) is 1. The molecule has 178 valence electrons. The molecule has 5 nitrogen and oxygen atoms in total. The molecule has 0 atom stereocenters. The normalized spacial score (nSPS) is 13.3. The molecule has 0 aliphatic carbocycles. The topological polar surface area (TPSA) is 64.8 Å². The van der Waals surface area contributed by atoms with Gasteiger partial charge in [-0.2, -0.15) is 0 Å². The summed E-state index contributed by atoms with van der Waals surface area (Å²) < 4.78 is 10.9. The van der Waals surface area contributed by atoms with Gasteiger partial charge in [0.25, 0.3) is 0 Å². The Morgan fingerprint density at radius 3 is 2.06 bits per heavy atom. The van der Waals surface area contributed by atoms with Crippen LogP contribution < -0.4 is 15.2 Å². The minimum Gasteiger partial charge on any atom is -0.454 e. The molecule has 0 saturated carbocycles. The standard InChI is InChI=1S/C29H34N2O3/c1-28(2,31(3)19-16-22-14-15-25-26(20-22)34-21-33-25)17-18-29(27(30)32,23-10-6-4-7-11-23)24-12-8-5-9-13-24/h4-15,20H,16-19,21H2,1-3H3,(H2,30,32). The van der Waals surface area contributed by atoms with Crippen molar-refractivity contribution >= 4 is 5.91 Å². The lowest BCUT2D eigenvalue weighted by Gasteiger charge is -2.40. The maximum absolute atomic E-state index is 13.1. The van der Waals surface area contributed by atoms with Crippen LogP contribution in [0.4, 0.5) is 0 Å². The van der Waals surface area contributed by atoms with Gasteiger partial charge >= 0.3 is 0 Å². The van der Waals surface area contributed by atoms with Crippen molar-refractivity contribution in [1.82, 2.24) is 4.90 Å². The summed E-state index contributed by atoms with van der Waals surface area (Å²) in [4.78, 5) is 15.5. The second-order valence-electron chi connectivity index (χ2n) is 9.67. The summed E-state index contributed by atoms with van der Waals surface area (Å²) in [5.74, 6) is 1.31. The highest BCUT2D eigenvalue weighted by Gasteiger charge is 2.41. The monoisotopic (exact) mass is 458 g/mol. The van der Waals surface area contributed by atoms with E-state index < -0.39 is 5.41 Å². The second kappa shape index (κ2) is 9.90. The third-order valence-electron chi connectivity index (χ3n) is 7.27. The Morgan fingerprint density at radius 2 is 1.47 bits per heavy atom. The van der Waals surface area contributed by atoms with Crippen LogP contribution in [0.1, 0.15) is 43.4 Å². The number of ether oxygens (including phenoxy) is 2. The SMILES string of the molecule is CN(CCc1ccc2c(c1)OCO2)C(C)(C)CCC(C(N)=O)(c1ccccc1)c1ccccc1. The van der Waals surface area contributed by atoms with Crippen molar-refractivity contribution < 1.29 is 14.3 Å². The molecule has 1 amide bonds. The number of nitrogens with zero attached hydrogens (tertiary/aromatic N) is 1. The molecule has 3 aromatic rings. The Labute approximate surface area is 202 Å². The maximum atomic E-state index is 13.1. The van der Waals surface area contributed by atoms with Gasteiger partial charge in [0.05, 0.1) is 5.41 Å². The summed E-state index contributed by atoms with van der Waals surface area (Å²) in [6.45, 7) is 5.63. The van der Waals surface area contributed by atoms with Gasteiger partial charge in [-0.25, -0.2) is 0 Å². The Balaban J connectivity index is 1.51. The van der Waals surface area contributed by atoms with E-state index in [2.05, 4.69) is 37.9 Å². The summed E-state index contributed by atoms with van der Waals surface area (Å²) in [5, 5.41) is 0. The van der Waals surface area contributed by atoms with E-state index >= 15 is 0 Å². The van der Waals surface area contributed by atoms with E-state index in [1.807, 2.05) is 66.7 Å². The lowest BCUT2D eigenvalue weighted by atomic mass is 9.69. The Morgan fingerprint density at radius 1 is 0.882 bits per heavy atom. The minimum absolute atomic E-state index is 0.138. The number of hydrogen-bond acceptors (Lipinski definition) is 4. The molecule has 0 saturated heterocycles. The van der Waals surface area contributed by atoms with Crippen molar-refractivity contribution in [2.75, 3.05) is 20.4 Å².